The molecule has 39 heavy (non-hydrogen) atoms. The van der Waals surface area contributed by atoms with Gasteiger partial charge in [-0.1, -0.05) is 58.7 Å². The Bertz CT molecular complexity index is 1410. The van der Waals surface area contributed by atoms with Gasteiger partial charge in [0.25, 0.3) is 10.0 Å². The number of carbonyl (C=O) groups is 2. The SMILES string of the molecule is CCCNC(=O)[C@@H](C)N(Cc1ccc(Br)cc1)C(=O)CN(c1ccc(C)c(C)c1)S(=O)(=O)c1ccc(C)cc1. The Morgan fingerprint density at radius 2 is 1.56 bits per heavy atom. The first-order chi connectivity index (χ1) is 18.4. The van der Waals surface area contributed by atoms with Crippen LogP contribution in [0.4, 0.5) is 5.69 Å². The molecular formula is C30H36BrN3O4S. The quantitative estimate of drug-likeness (QED) is 0.309. The zero-order valence-corrected chi connectivity index (χ0v) is 25.5. The molecule has 0 unspecified atom stereocenters. The van der Waals surface area contributed by atoms with E-state index in [1.807, 2.05) is 58.0 Å². The van der Waals surface area contributed by atoms with Gasteiger partial charge in [0.1, 0.15) is 12.6 Å². The molecule has 2 amide bonds. The summed E-state index contributed by atoms with van der Waals surface area (Å²) in [5.74, 6) is -0.771. The van der Waals surface area contributed by atoms with Crippen molar-refractivity contribution in [1.82, 2.24) is 10.2 Å². The Balaban J connectivity index is 2.04. The van der Waals surface area contributed by atoms with Gasteiger partial charge < -0.3 is 10.2 Å². The number of carbonyl (C=O) groups excluding carboxylic acids is 2. The fraction of sp³-hybridized carbons (Fsp3) is 0.333. The third kappa shape index (κ3) is 7.70. The molecule has 0 fully saturated rings. The molecule has 0 spiro atoms. The maximum absolute atomic E-state index is 13.9. The van der Waals surface area contributed by atoms with Gasteiger partial charge in [-0.15, -0.1) is 0 Å². The number of aryl methyl sites for hydroxylation is 3. The standard InChI is InChI=1S/C30H36BrN3O4S/c1-6-17-32-30(36)24(5)33(19-25-10-12-26(31)13-11-25)29(35)20-34(27-14-9-22(3)23(4)18-27)39(37,38)28-15-7-21(2)8-16-28/h7-16,18,24H,6,17,19-20H2,1-5H3,(H,32,36)/t24-/m1/s1. The molecule has 0 saturated carbocycles. The van der Waals surface area contributed by atoms with Crippen molar-refractivity contribution in [1.29, 1.82) is 0 Å². The fourth-order valence-electron chi connectivity index (χ4n) is 4.01. The molecule has 3 aromatic carbocycles. The summed E-state index contributed by atoms with van der Waals surface area (Å²) in [4.78, 5) is 28.4. The summed E-state index contributed by atoms with van der Waals surface area (Å²) in [6, 6.07) is 18.5. The highest BCUT2D eigenvalue weighted by atomic mass is 79.9. The first kappa shape index (κ1) is 30.4. The number of nitrogens with zero attached hydrogens (tertiary/aromatic N) is 2. The van der Waals surface area contributed by atoms with Crippen molar-refractivity contribution in [2.24, 2.45) is 0 Å². The monoisotopic (exact) mass is 613 g/mol. The summed E-state index contributed by atoms with van der Waals surface area (Å²) in [6.45, 7) is 9.52. The van der Waals surface area contributed by atoms with Gasteiger partial charge in [-0.2, -0.15) is 0 Å². The second kappa shape index (κ2) is 13.3. The maximum atomic E-state index is 13.9. The Kier molecular flexibility index (Phi) is 10.3. The summed E-state index contributed by atoms with van der Waals surface area (Å²) in [6.07, 6.45) is 0.758. The van der Waals surface area contributed by atoms with Crippen LogP contribution in [-0.4, -0.2) is 44.3 Å². The summed E-state index contributed by atoms with van der Waals surface area (Å²) < 4.78 is 29.8. The minimum atomic E-state index is -4.09. The average Bonchev–Trinajstić information content (AvgIpc) is 2.91. The van der Waals surface area contributed by atoms with E-state index < -0.39 is 28.5 Å². The van der Waals surface area contributed by atoms with E-state index in [0.29, 0.717) is 12.2 Å². The van der Waals surface area contributed by atoms with Gasteiger partial charge in [-0.3, -0.25) is 13.9 Å². The van der Waals surface area contributed by atoms with Crippen molar-refractivity contribution in [3.8, 4) is 0 Å². The van der Waals surface area contributed by atoms with Crippen LogP contribution in [0.3, 0.4) is 0 Å². The van der Waals surface area contributed by atoms with Gasteiger partial charge in [-0.25, -0.2) is 8.42 Å². The van der Waals surface area contributed by atoms with Gasteiger partial charge in [-0.05, 0) is 87.2 Å². The van der Waals surface area contributed by atoms with E-state index in [-0.39, 0.29) is 17.3 Å². The summed E-state index contributed by atoms with van der Waals surface area (Å²) in [7, 11) is -4.09. The van der Waals surface area contributed by atoms with Crippen LogP contribution in [0, 0.1) is 20.8 Å². The van der Waals surface area contributed by atoms with Crippen molar-refractivity contribution in [3.05, 3.63) is 93.5 Å². The van der Waals surface area contributed by atoms with E-state index in [2.05, 4.69) is 21.2 Å². The predicted molar refractivity (Wildman–Crippen MR) is 159 cm³/mol. The van der Waals surface area contributed by atoms with Gasteiger partial charge in [0, 0.05) is 17.6 Å². The maximum Gasteiger partial charge on any atom is 0.264 e. The number of amides is 2. The van der Waals surface area contributed by atoms with Gasteiger partial charge in [0.05, 0.1) is 10.6 Å². The van der Waals surface area contributed by atoms with Crippen LogP contribution in [-0.2, 0) is 26.2 Å². The number of nitrogens with one attached hydrogen (secondary N) is 1. The van der Waals surface area contributed by atoms with Crippen LogP contribution in [0.5, 0.6) is 0 Å². The van der Waals surface area contributed by atoms with Crippen LogP contribution in [0.1, 0.15) is 42.5 Å². The van der Waals surface area contributed by atoms with Crippen molar-refractivity contribution in [2.75, 3.05) is 17.4 Å². The lowest BCUT2D eigenvalue weighted by Crippen LogP contribution is -2.51. The fourth-order valence-corrected chi connectivity index (χ4v) is 5.68. The highest BCUT2D eigenvalue weighted by Crippen LogP contribution is 2.27. The Morgan fingerprint density at radius 3 is 2.15 bits per heavy atom. The molecule has 3 aromatic rings. The topological polar surface area (TPSA) is 86.8 Å². The second-order valence-corrected chi connectivity index (χ2v) is 12.5. The Labute approximate surface area is 240 Å². The summed E-state index contributed by atoms with van der Waals surface area (Å²) in [5.41, 5.74) is 4.05. The summed E-state index contributed by atoms with van der Waals surface area (Å²) >= 11 is 3.42. The molecule has 0 aliphatic rings. The largest absolute Gasteiger partial charge is 0.354 e. The van der Waals surface area contributed by atoms with E-state index in [4.69, 9.17) is 0 Å². The molecular weight excluding hydrogens is 578 g/mol. The zero-order chi connectivity index (χ0) is 28.7. The van der Waals surface area contributed by atoms with Crippen molar-refractivity contribution in [3.63, 3.8) is 0 Å². The molecule has 1 N–H and O–H groups in total. The second-order valence-electron chi connectivity index (χ2n) is 9.71. The third-order valence-corrected chi connectivity index (χ3v) is 8.97. The number of sulfonamides is 1. The van der Waals surface area contributed by atoms with Crippen LogP contribution >= 0.6 is 15.9 Å². The molecule has 0 aliphatic carbocycles. The molecule has 0 aliphatic heterocycles. The van der Waals surface area contributed by atoms with Gasteiger partial charge >= 0.3 is 0 Å². The van der Waals surface area contributed by atoms with E-state index in [1.165, 1.54) is 4.90 Å². The van der Waals surface area contributed by atoms with Crippen molar-refractivity contribution in [2.45, 2.75) is 58.5 Å². The lowest BCUT2D eigenvalue weighted by Gasteiger charge is -2.32. The van der Waals surface area contributed by atoms with E-state index in [0.717, 1.165) is 37.5 Å². The molecule has 7 nitrogen and oxygen atoms in total. The molecule has 0 bridgehead atoms. The molecule has 0 radical (unpaired) electrons. The van der Waals surface area contributed by atoms with Crippen molar-refractivity contribution < 1.29 is 18.0 Å². The first-order valence-electron chi connectivity index (χ1n) is 12.9. The van der Waals surface area contributed by atoms with Crippen LogP contribution < -0.4 is 9.62 Å². The zero-order valence-electron chi connectivity index (χ0n) is 23.1. The molecule has 1 atom stereocenters. The number of halogens is 1. The number of hydrogen-bond donors (Lipinski definition) is 1. The van der Waals surface area contributed by atoms with Gasteiger partial charge in [0.15, 0.2) is 0 Å². The Hall–Kier alpha value is -3.17. The van der Waals surface area contributed by atoms with E-state index >= 15 is 0 Å². The van der Waals surface area contributed by atoms with Gasteiger partial charge in [0.2, 0.25) is 11.8 Å². The molecule has 0 saturated heterocycles. The number of hydrogen-bond acceptors (Lipinski definition) is 4. The number of benzene rings is 3. The highest BCUT2D eigenvalue weighted by Gasteiger charge is 2.32. The van der Waals surface area contributed by atoms with Crippen LogP contribution in [0.2, 0.25) is 0 Å². The number of anilines is 1. The lowest BCUT2D eigenvalue weighted by molar-refractivity contribution is -0.139. The highest BCUT2D eigenvalue weighted by molar-refractivity contribution is 9.10. The molecule has 9 heteroatoms. The minimum absolute atomic E-state index is 0.0901. The normalized spacial score (nSPS) is 12.1. The molecule has 0 heterocycles. The van der Waals surface area contributed by atoms with Crippen molar-refractivity contribution >= 4 is 43.5 Å². The van der Waals surface area contributed by atoms with E-state index in [9.17, 15) is 18.0 Å². The predicted octanol–water partition coefficient (Wildman–Crippen LogP) is 5.51. The first-order valence-corrected chi connectivity index (χ1v) is 15.2. The molecule has 3 rings (SSSR count). The average molecular weight is 615 g/mol. The Morgan fingerprint density at radius 1 is 0.923 bits per heavy atom. The van der Waals surface area contributed by atoms with Crippen LogP contribution in [0.25, 0.3) is 0 Å². The minimum Gasteiger partial charge on any atom is -0.354 e. The molecule has 0 aromatic heterocycles. The molecule has 208 valence electrons. The van der Waals surface area contributed by atoms with Crippen LogP contribution in [0.15, 0.2) is 76.1 Å². The van der Waals surface area contributed by atoms with E-state index in [1.54, 1.807) is 43.3 Å². The smallest absolute Gasteiger partial charge is 0.264 e. The number of rotatable bonds is 11. The summed E-state index contributed by atoms with van der Waals surface area (Å²) in [5, 5.41) is 2.85. The third-order valence-electron chi connectivity index (χ3n) is 6.65. The lowest BCUT2D eigenvalue weighted by atomic mass is 10.1.